The van der Waals surface area contributed by atoms with Crippen LogP contribution in [0, 0.1) is 5.82 Å². The van der Waals surface area contributed by atoms with E-state index in [2.05, 4.69) is 5.32 Å². The molecule has 4 nitrogen and oxygen atoms in total. The van der Waals surface area contributed by atoms with Crippen LogP contribution in [0.5, 0.6) is 0 Å². The van der Waals surface area contributed by atoms with Crippen molar-refractivity contribution >= 4 is 29.1 Å². The lowest BCUT2D eigenvalue weighted by atomic mass is 10.1. The monoisotopic (exact) mass is 292 g/mol. The van der Waals surface area contributed by atoms with Gasteiger partial charge in [-0.1, -0.05) is 23.7 Å². The number of anilines is 1. The van der Waals surface area contributed by atoms with Crippen molar-refractivity contribution in [2.24, 2.45) is 5.73 Å². The summed E-state index contributed by atoms with van der Waals surface area (Å²) in [6.45, 7) is 0. The largest absolute Gasteiger partial charge is 0.366 e. The Hall–Kier alpha value is -2.40. The van der Waals surface area contributed by atoms with E-state index in [0.717, 1.165) is 6.07 Å². The van der Waals surface area contributed by atoms with Crippen molar-refractivity contribution in [3.8, 4) is 0 Å². The zero-order valence-corrected chi connectivity index (χ0v) is 10.9. The molecule has 0 heterocycles. The van der Waals surface area contributed by atoms with Crippen LogP contribution in [0.4, 0.5) is 10.1 Å². The molecule has 0 saturated carbocycles. The van der Waals surface area contributed by atoms with Gasteiger partial charge in [0, 0.05) is 5.56 Å². The quantitative estimate of drug-likeness (QED) is 0.913. The molecule has 6 heteroatoms. The molecule has 0 fully saturated rings. The Labute approximate surface area is 119 Å². The van der Waals surface area contributed by atoms with Crippen LogP contribution in [-0.2, 0) is 0 Å². The highest BCUT2D eigenvalue weighted by atomic mass is 35.5. The maximum atomic E-state index is 13.0. The standard InChI is InChI=1S/C14H10ClFN2O2/c15-10-7-8(5-6-11(10)16)14(20)18-12-4-2-1-3-9(12)13(17)19/h1-7H,(H2,17,19)(H,18,20). The van der Waals surface area contributed by atoms with Gasteiger partial charge in [0.25, 0.3) is 11.8 Å². The molecule has 2 rings (SSSR count). The van der Waals surface area contributed by atoms with Crippen molar-refractivity contribution in [1.29, 1.82) is 0 Å². The molecule has 0 spiro atoms. The molecule has 2 amide bonds. The van der Waals surface area contributed by atoms with Crippen LogP contribution in [-0.4, -0.2) is 11.8 Å². The molecule has 0 aromatic heterocycles. The second kappa shape index (κ2) is 5.71. The highest BCUT2D eigenvalue weighted by Gasteiger charge is 2.13. The van der Waals surface area contributed by atoms with Crippen molar-refractivity contribution in [3.05, 3.63) is 64.4 Å². The van der Waals surface area contributed by atoms with Crippen molar-refractivity contribution in [2.45, 2.75) is 0 Å². The number of carbonyl (C=O) groups is 2. The van der Waals surface area contributed by atoms with E-state index in [1.54, 1.807) is 18.2 Å². The number of para-hydroxylation sites is 1. The third-order valence-electron chi connectivity index (χ3n) is 2.62. The van der Waals surface area contributed by atoms with Crippen LogP contribution >= 0.6 is 11.6 Å². The highest BCUT2D eigenvalue weighted by Crippen LogP contribution is 2.19. The summed E-state index contributed by atoms with van der Waals surface area (Å²) >= 11 is 5.61. The molecule has 0 aliphatic carbocycles. The van der Waals surface area contributed by atoms with Gasteiger partial charge in [-0.05, 0) is 30.3 Å². The fraction of sp³-hybridized carbons (Fsp3) is 0. The molecular formula is C14H10ClFN2O2. The number of amides is 2. The summed E-state index contributed by atoms with van der Waals surface area (Å²) in [4.78, 5) is 23.2. The molecule has 2 aromatic carbocycles. The van der Waals surface area contributed by atoms with Gasteiger partial charge in [0.05, 0.1) is 16.3 Å². The molecule has 0 radical (unpaired) electrons. The summed E-state index contributed by atoms with van der Waals surface area (Å²) < 4.78 is 13.0. The van der Waals surface area contributed by atoms with E-state index in [1.807, 2.05) is 0 Å². The van der Waals surface area contributed by atoms with E-state index >= 15 is 0 Å². The number of carbonyl (C=O) groups excluding carboxylic acids is 2. The minimum absolute atomic E-state index is 0.152. The first-order chi connectivity index (χ1) is 9.49. The Morgan fingerprint density at radius 2 is 1.85 bits per heavy atom. The Balaban J connectivity index is 2.28. The minimum Gasteiger partial charge on any atom is -0.366 e. The van der Waals surface area contributed by atoms with E-state index in [9.17, 15) is 14.0 Å². The van der Waals surface area contributed by atoms with Crippen molar-refractivity contribution < 1.29 is 14.0 Å². The van der Waals surface area contributed by atoms with Gasteiger partial charge < -0.3 is 11.1 Å². The molecule has 3 N–H and O–H groups in total. The first kappa shape index (κ1) is 14.0. The molecule has 102 valence electrons. The van der Waals surface area contributed by atoms with Crippen molar-refractivity contribution in [2.75, 3.05) is 5.32 Å². The van der Waals surface area contributed by atoms with Gasteiger partial charge in [0.15, 0.2) is 0 Å². The number of hydrogen-bond acceptors (Lipinski definition) is 2. The summed E-state index contributed by atoms with van der Waals surface area (Å²) in [7, 11) is 0. The first-order valence-corrected chi connectivity index (χ1v) is 6.02. The fourth-order valence-corrected chi connectivity index (χ4v) is 1.82. The number of primary amides is 1. The number of halogens is 2. The lowest BCUT2D eigenvalue weighted by molar-refractivity contribution is 0.100. The number of hydrogen-bond donors (Lipinski definition) is 2. The summed E-state index contributed by atoms with van der Waals surface area (Å²) in [5, 5.41) is 2.38. The van der Waals surface area contributed by atoms with E-state index in [-0.39, 0.29) is 21.8 Å². The van der Waals surface area contributed by atoms with Gasteiger partial charge in [-0.3, -0.25) is 9.59 Å². The van der Waals surface area contributed by atoms with Gasteiger partial charge in [-0.15, -0.1) is 0 Å². The maximum absolute atomic E-state index is 13.0. The predicted octanol–water partition coefficient (Wildman–Crippen LogP) is 2.83. The number of nitrogens with two attached hydrogens (primary N) is 1. The van der Waals surface area contributed by atoms with Crippen LogP contribution in [0.1, 0.15) is 20.7 Å². The molecule has 0 aliphatic rings. The predicted molar refractivity (Wildman–Crippen MR) is 74.3 cm³/mol. The maximum Gasteiger partial charge on any atom is 0.255 e. The summed E-state index contributed by atoms with van der Waals surface area (Å²) in [5.74, 6) is -1.78. The van der Waals surface area contributed by atoms with Gasteiger partial charge >= 0.3 is 0 Å². The summed E-state index contributed by atoms with van der Waals surface area (Å²) in [6, 6.07) is 9.92. The molecule has 2 aromatic rings. The third kappa shape index (κ3) is 2.95. The fourth-order valence-electron chi connectivity index (χ4n) is 1.64. The van der Waals surface area contributed by atoms with Gasteiger partial charge in [0.1, 0.15) is 5.82 Å². The van der Waals surface area contributed by atoms with E-state index in [0.29, 0.717) is 0 Å². The van der Waals surface area contributed by atoms with Crippen LogP contribution in [0.2, 0.25) is 5.02 Å². The van der Waals surface area contributed by atoms with Gasteiger partial charge in [0.2, 0.25) is 0 Å². The SMILES string of the molecule is NC(=O)c1ccccc1NC(=O)c1ccc(F)c(Cl)c1. The summed E-state index contributed by atoms with van der Waals surface area (Å²) in [6.07, 6.45) is 0. The second-order valence-corrected chi connectivity index (χ2v) is 4.40. The molecular weight excluding hydrogens is 283 g/mol. The second-order valence-electron chi connectivity index (χ2n) is 3.99. The molecule has 0 atom stereocenters. The zero-order valence-electron chi connectivity index (χ0n) is 10.2. The third-order valence-corrected chi connectivity index (χ3v) is 2.91. The Bertz CT molecular complexity index is 689. The normalized spacial score (nSPS) is 10.1. The number of benzene rings is 2. The van der Waals surface area contributed by atoms with Crippen molar-refractivity contribution in [3.63, 3.8) is 0 Å². The molecule has 0 bridgehead atoms. The minimum atomic E-state index is -0.655. The Morgan fingerprint density at radius 1 is 1.15 bits per heavy atom. The highest BCUT2D eigenvalue weighted by molar-refractivity contribution is 6.31. The van der Waals surface area contributed by atoms with Crippen LogP contribution in [0.25, 0.3) is 0 Å². The molecule has 0 saturated heterocycles. The lowest BCUT2D eigenvalue weighted by Crippen LogP contribution is -2.18. The number of nitrogens with one attached hydrogen (secondary N) is 1. The first-order valence-electron chi connectivity index (χ1n) is 5.64. The van der Waals surface area contributed by atoms with Gasteiger partial charge in [-0.2, -0.15) is 0 Å². The molecule has 0 unspecified atom stereocenters. The molecule has 20 heavy (non-hydrogen) atoms. The van der Waals surface area contributed by atoms with Crippen LogP contribution in [0.15, 0.2) is 42.5 Å². The zero-order chi connectivity index (χ0) is 14.7. The van der Waals surface area contributed by atoms with E-state index in [1.165, 1.54) is 18.2 Å². The van der Waals surface area contributed by atoms with Crippen LogP contribution < -0.4 is 11.1 Å². The van der Waals surface area contributed by atoms with E-state index in [4.69, 9.17) is 17.3 Å². The molecule has 0 aliphatic heterocycles. The van der Waals surface area contributed by atoms with E-state index < -0.39 is 17.6 Å². The van der Waals surface area contributed by atoms with Crippen molar-refractivity contribution in [1.82, 2.24) is 0 Å². The van der Waals surface area contributed by atoms with Gasteiger partial charge in [-0.25, -0.2) is 4.39 Å². The average molecular weight is 293 g/mol. The smallest absolute Gasteiger partial charge is 0.255 e. The topological polar surface area (TPSA) is 72.2 Å². The average Bonchev–Trinajstić information content (AvgIpc) is 2.42. The Kier molecular flexibility index (Phi) is 4.00. The number of rotatable bonds is 3. The summed E-state index contributed by atoms with van der Waals surface area (Å²) in [5.41, 5.74) is 5.86. The van der Waals surface area contributed by atoms with Crippen LogP contribution in [0.3, 0.4) is 0 Å². The lowest BCUT2D eigenvalue weighted by Gasteiger charge is -2.09. The Morgan fingerprint density at radius 3 is 2.50 bits per heavy atom.